The fourth-order valence-electron chi connectivity index (χ4n) is 3.25. The number of amides is 1. The van der Waals surface area contributed by atoms with Crippen LogP contribution in [-0.4, -0.2) is 56.7 Å². The van der Waals surface area contributed by atoms with Gasteiger partial charge in [-0.3, -0.25) is 0 Å². The summed E-state index contributed by atoms with van der Waals surface area (Å²) < 4.78 is 1.98. The van der Waals surface area contributed by atoms with Gasteiger partial charge < -0.3 is 29.3 Å². The van der Waals surface area contributed by atoms with Gasteiger partial charge in [0.05, 0.1) is 5.69 Å². The molecule has 1 aliphatic heterocycles. The molecule has 3 aromatic heterocycles. The maximum Gasteiger partial charge on any atom is 0.139 e. The molecule has 4 rings (SSSR count). The number of carbonyl (C=O) groups excluding carboxylic acids is 1. The second-order valence-corrected chi connectivity index (χ2v) is 6.30. The minimum Gasteiger partial charge on any atom is -0.530 e. The Hall–Kier alpha value is -3.03. The summed E-state index contributed by atoms with van der Waals surface area (Å²) in [4.78, 5) is 26.8. The quantitative estimate of drug-likeness (QED) is 0.743. The molecular formula is C17H19N6O2-. The smallest absolute Gasteiger partial charge is 0.139 e. The Morgan fingerprint density at radius 2 is 2.04 bits per heavy atom. The molecular weight excluding hydrogens is 320 g/mol. The van der Waals surface area contributed by atoms with Crippen LogP contribution >= 0.6 is 0 Å². The highest BCUT2D eigenvalue weighted by Gasteiger charge is 2.20. The lowest BCUT2D eigenvalue weighted by Crippen LogP contribution is -2.52. The number of fused-ring (bicyclic) bond motifs is 1. The Balaban J connectivity index is 1.67. The van der Waals surface area contributed by atoms with E-state index in [4.69, 9.17) is 0 Å². The lowest BCUT2D eigenvalue weighted by atomic mass is 10.2. The van der Waals surface area contributed by atoms with E-state index >= 15 is 0 Å². The molecule has 8 nitrogen and oxygen atoms in total. The van der Waals surface area contributed by atoms with E-state index in [0.29, 0.717) is 26.2 Å². The molecule has 3 aromatic rings. The number of imidazole rings is 1. The van der Waals surface area contributed by atoms with Crippen molar-refractivity contribution in [2.75, 3.05) is 31.1 Å². The summed E-state index contributed by atoms with van der Waals surface area (Å²) in [7, 11) is 1.97. The molecule has 0 atom stereocenters. The van der Waals surface area contributed by atoms with Crippen LogP contribution in [0.25, 0.3) is 22.4 Å². The second kappa shape index (κ2) is 5.80. The number of aromatic amines is 1. The van der Waals surface area contributed by atoms with Gasteiger partial charge in [0.1, 0.15) is 23.3 Å². The Morgan fingerprint density at radius 1 is 1.28 bits per heavy atom. The lowest BCUT2D eigenvalue weighted by molar-refractivity contribution is -0.265. The van der Waals surface area contributed by atoms with E-state index in [1.807, 2.05) is 30.8 Å². The number of nitrogens with zero attached hydrogens (tertiary/aromatic N) is 5. The average molecular weight is 339 g/mol. The molecule has 0 unspecified atom stereocenters. The number of hydrogen-bond acceptors (Lipinski definition) is 5. The zero-order chi connectivity index (χ0) is 17.6. The van der Waals surface area contributed by atoms with E-state index in [0.717, 1.165) is 33.9 Å². The number of aryl methyl sites for hydroxylation is 2. The Morgan fingerprint density at radius 3 is 2.68 bits per heavy atom. The summed E-state index contributed by atoms with van der Waals surface area (Å²) in [6.07, 6.45) is 2.65. The highest BCUT2D eigenvalue weighted by Crippen LogP contribution is 2.30. The van der Waals surface area contributed by atoms with Crippen LogP contribution in [-0.2, 0) is 7.05 Å². The van der Waals surface area contributed by atoms with Crippen molar-refractivity contribution in [3.63, 3.8) is 0 Å². The predicted molar refractivity (Wildman–Crippen MR) is 92.2 cm³/mol. The zero-order valence-corrected chi connectivity index (χ0v) is 14.2. The van der Waals surface area contributed by atoms with E-state index in [1.165, 1.54) is 4.90 Å². The number of carboxylic acid groups (broad SMARTS) is 1. The molecule has 0 saturated carbocycles. The van der Waals surface area contributed by atoms with Gasteiger partial charge in [-0.05, 0) is 19.1 Å². The number of nitrogens with one attached hydrogen (secondary N) is 1. The normalized spacial score (nSPS) is 15.1. The minimum absolute atomic E-state index is 0.447. The highest BCUT2D eigenvalue weighted by molar-refractivity contribution is 5.93. The van der Waals surface area contributed by atoms with E-state index < -0.39 is 6.09 Å². The minimum atomic E-state index is -1.10. The van der Waals surface area contributed by atoms with Gasteiger partial charge in [0.25, 0.3) is 0 Å². The predicted octanol–water partition coefficient (Wildman–Crippen LogP) is 0.737. The average Bonchev–Trinajstić information content (AvgIpc) is 3.18. The van der Waals surface area contributed by atoms with Crippen molar-refractivity contribution in [2.24, 2.45) is 7.05 Å². The number of pyridine rings is 1. The first-order valence-electron chi connectivity index (χ1n) is 8.22. The fourth-order valence-corrected chi connectivity index (χ4v) is 3.25. The monoisotopic (exact) mass is 339 g/mol. The summed E-state index contributed by atoms with van der Waals surface area (Å²) >= 11 is 0. The summed E-state index contributed by atoms with van der Waals surface area (Å²) in [5.41, 5.74) is 3.66. The van der Waals surface area contributed by atoms with Crippen molar-refractivity contribution >= 4 is 22.8 Å². The van der Waals surface area contributed by atoms with E-state index in [1.54, 1.807) is 6.20 Å². The SMILES string of the molecule is Cc1nc(-c2cc3c(N4CCN(C(=O)[O-])CC4)ccnc3[nH]2)cn1C. The topological polar surface area (TPSA) is 93.1 Å². The van der Waals surface area contributed by atoms with Crippen LogP contribution in [0.1, 0.15) is 5.82 Å². The molecule has 1 amide bonds. The maximum absolute atomic E-state index is 11.0. The largest absolute Gasteiger partial charge is 0.530 e. The van der Waals surface area contributed by atoms with Gasteiger partial charge in [0.15, 0.2) is 0 Å². The van der Waals surface area contributed by atoms with Gasteiger partial charge in [0, 0.05) is 56.7 Å². The number of carbonyl (C=O) groups is 1. The Labute approximate surface area is 144 Å². The Bertz CT molecular complexity index is 916. The molecule has 1 saturated heterocycles. The van der Waals surface area contributed by atoms with Crippen molar-refractivity contribution in [1.82, 2.24) is 24.4 Å². The van der Waals surface area contributed by atoms with Crippen LogP contribution in [0.3, 0.4) is 0 Å². The molecule has 25 heavy (non-hydrogen) atoms. The fraction of sp³-hybridized carbons (Fsp3) is 0.353. The van der Waals surface area contributed by atoms with E-state index in [9.17, 15) is 9.90 Å². The van der Waals surface area contributed by atoms with Gasteiger partial charge in [-0.2, -0.15) is 0 Å². The molecule has 0 aliphatic carbocycles. The van der Waals surface area contributed by atoms with Gasteiger partial charge in [-0.1, -0.05) is 0 Å². The molecule has 8 heteroatoms. The van der Waals surface area contributed by atoms with Crippen LogP contribution in [0.15, 0.2) is 24.5 Å². The van der Waals surface area contributed by atoms with Gasteiger partial charge >= 0.3 is 0 Å². The van der Waals surface area contributed by atoms with Crippen LogP contribution < -0.4 is 10.0 Å². The maximum atomic E-state index is 11.0. The molecule has 1 fully saturated rings. The van der Waals surface area contributed by atoms with Crippen molar-refractivity contribution in [3.05, 3.63) is 30.4 Å². The third-order valence-electron chi connectivity index (χ3n) is 4.77. The van der Waals surface area contributed by atoms with Crippen molar-refractivity contribution < 1.29 is 9.90 Å². The summed E-state index contributed by atoms with van der Waals surface area (Å²) in [6.45, 7) is 4.13. The number of hydrogen-bond donors (Lipinski definition) is 1. The first-order valence-corrected chi connectivity index (χ1v) is 8.22. The molecule has 0 aromatic carbocycles. The van der Waals surface area contributed by atoms with Crippen LogP contribution in [0.2, 0.25) is 0 Å². The number of piperazine rings is 1. The number of aromatic nitrogens is 4. The van der Waals surface area contributed by atoms with E-state index in [-0.39, 0.29) is 0 Å². The number of anilines is 1. The van der Waals surface area contributed by atoms with Crippen molar-refractivity contribution in [1.29, 1.82) is 0 Å². The molecule has 4 heterocycles. The summed E-state index contributed by atoms with van der Waals surface area (Å²) in [6, 6.07) is 4.03. The first kappa shape index (κ1) is 15.5. The molecule has 1 N–H and O–H groups in total. The zero-order valence-electron chi connectivity index (χ0n) is 14.2. The molecule has 0 radical (unpaired) electrons. The Kier molecular flexibility index (Phi) is 3.60. The van der Waals surface area contributed by atoms with Crippen LogP contribution in [0.4, 0.5) is 10.5 Å². The second-order valence-electron chi connectivity index (χ2n) is 6.30. The third-order valence-corrected chi connectivity index (χ3v) is 4.77. The molecule has 1 aliphatic rings. The van der Waals surface area contributed by atoms with Gasteiger partial charge in [-0.15, -0.1) is 0 Å². The number of H-pyrrole nitrogens is 1. The number of rotatable bonds is 2. The first-order chi connectivity index (χ1) is 12.0. The van der Waals surface area contributed by atoms with Crippen molar-refractivity contribution in [3.8, 4) is 11.4 Å². The molecule has 0 spiro atoms. The molecule has 0 bridgehead atoms. The lowest BCUT2D eigenvalue weighted by Gasteiger charge is -2.37. The van der Waals surface area contributed by atoms with Gasteiger partial charge in [-0.25, -0.2) is 9.97 Å². The standard InChI is InChI=1S/C17H20N6O2/c1-11-19-14(10-21(11)2)13-9-12-15(3-4-18-16(12)20-13)22-5-7-23(8-6-22)17(24)25/h3-4,9-10H,5-8H2,1-2H3,(H,18,20)(H,24,25)/p-1. The van der Waals surface area contributed by atoms with Crippen LogP contribution in [0.5, 0.6) is 0 Å². The summed E-state index contributed by atoms with van der Waals surface area (Å²) in [5, 5.41) is 12.0. The van der Waals surface area contributed by atoms with Crippen LogP contribution in [0, 0.1) is 6.92 Å². The molecule has 130 valence electrons. The third kappa shape index (κ3) is 2.69. The van der Waals surface area contributed by atoms with Crippen molar-refractivity contribution in [2.45, 2.75) is 6.92 Å². The van der Waals surface area contributed by atoms with E-state index in [2.05, 4.69) is 25.9 Å². The van der Waals surface area contributed by atoms with Gasteiger partial charge in [0.2, 0.25) is 0 Å². The highest BCUT2D eigenvalue weighted by atomic mass is 16.4. The summed E-state index contributed by atoms with van der Waals surface area (Å²) in [5.74, 6) is 0.945.